The quantitative estimate of drug-likeness (QED) is 0.761. The molecule has 3 nitrogen and oxygen atoms in total. The molecule has 0 aliphatic heterocycles. The Morgan fingerprint density at radius 1 is 1.32 bits per heavy atom. The maximum atomic E-state index is 5.71. The van der Waals surface area contributed by atoms with Crippen LogP contribution >= 0.6 is 0 Å². The molecule has 0 fully saturated rings. The van der Waals surface area contributed by atoms with Gasteiger partial charge in [0.15, 0.2) is 11.5 Å². The lowest BCUT2D eigenvalue weighted by atomic mass is 10.1. The zero-order valence-corrected chi connectivity index (χ0v) is 12.6. The average molecular weight is 263 g/mol. The van der Waals surface area contributed by atoms with Gasteiger partial charge in [0, 0.05) is 6.04 Å². The Morgan fingerprint density at radius 2 is 2.05 bits per heavy atom. The van der Waals surface area contributed by atoms with Crippen LogP contribution in [0.2, 0.25) is 0 Å². The Balaban J connectivity index is 2.81. The average Bonchev–Trinajstić information content (AvgIpc) is 2.38. The molecule has 3 heteroatoms. The summed E-state index contributed by atoms with van der Waals surface area (Å²) in [5.74, 6) is 1.57. The van der Waals surface area contributed by atoms with Crippen molar-refractivity contribution in [1.82, 2.24) is 5.32 Å². The van der Waals surface area contributed by atoms with Gasteiger partial charge in [0.25, 0.3) is 0 Å². The summed E-state index contributed by atoms with van der Waals surface area (Å²) in [5, 5.41) is 3.38. The highest BCUT2D eigenvalue weighted by Gasteiger charge is 2.09. The van der Waals surface area contributed by atoms with Crippen molar-refractivity contribution in [2.45, 2.75) is 33.7 Å². The van der Waals surface area contributed by atoms with Crippen LogP contribution in [0.15, 0.2) is 29.8 Å². The molecule has 106 valence electrons. The smallest absolute Gasteiger partial charge is 0.161 e. The second-order valence-electron chi connectivity index (χ2n) is 4.78. The maximum Gasteiger partial charge on any atom is 0.161 e. The molecule has 1 atom stereocenters. The second-order valence-corrected chi connectivity index (χ2v) is 4.78. The van der Waals surface area contributed by atoms with Crippen LogP contribution in [0.5, 0.6) is 11.5 Å². The molecule has 0 aromatic heterocycles. The maximum absolute atomic E-state index is 5.71. The highest BCUT2D eigenvalue weighted by atomic mass is 16.5. The van der Waals surface area contributed by atoms with Gasteiger partial charge in [0.1, 0.15) is 6.61 Å². The van der Waals surface area contributed by atoms with Gasteiger partial charge in [-0.2, -0.15) is 0 Å². The van der Waals surface area contributed by atoms with Crippen molar-refractivity contribution < 1.29 is 9.47 Å². The van der Waals surface area contributed by atoms with E-state index in [9.17, 15) is 0 Å². The van der Waals surface area contributed by atoms with Gasteiger partial charge in [-0.05, 0) is 51.1 Å². The lowest BCUT2D eigenvalue weighted by Crippen LogP contribution is -2.17. The van der Waals surface area contributed by atoms with E-state index in [4.69, 9.17) is 9.47 Å². The SMILES string of the molecule is CCNC(C)c1ccc(OCC=C(C)C)c(OC)c1. The van der Waals surface area contributed by atoms with Gasteiger partial charge in [-0.25, -0.2) is 0 Å². The second kappa shape index (κ2) is 7.85. The molecule has 1 unspecified atom stereocenters. The first-order valence-corrected chi connectivity index (χ1v) is 6.76. The lowest BCUT2D eigenvalue weighted by molar-refractivity contribution is 0.325. The van der Waals surface area contributed by atoms with E-state index >= 15 is 0 Å². The van der Waals surface area contributed by atoms with E-state index in [1.807, 2.05) is 12.1 Å². The van der Waals surface area contributed by atoms with E-state index in [2.05, 4.69) is 45.2 Å². The predicted octanol–water partition coefficient (Wildman–Crippen LogP) is 3.71. The minimum atomic E-state index is 0.311. The number of hydrogen-bond acceptors (Lipinski definition) is 3. The van der Waals surface area contributed by atoms with Crippen LogP contribution in [-0.2, 0) is 0 Å². The fourth-order valence-electron chi connectivity index (χ4n) is 1.79. The van der Waals surface area contributed by atoms with Crippen LogP contribution in [0, 0.1) is 0 Å². The lowest BCUT2D eigenvalue weighted by Gasteiger charge is -2.16. The van der Waals surface area contributed by atoms with Crippen LogP contribution < -0.4 is 14.8 Å². The number of methoxy groups -OCH3 is 1. The standard InChI is InChI=1S/C16H25NO2/c1-6-17-13(4)14-7-8-15(16(11-14)18-5)19-10-9-12(2)3/h7-9,11,13,17H,6,10H2,1-5H3. The van der Waals surface area contributed by atoms with Crippen molar-refractivity contribution in [1.29, 1.82) is 0 Å². The van der Waals surface area contributed by atoms with E-state index in [0.29, 0.717) is 12.6 Å². The molecule has 1 rings (SSSR count). The summed E-state index contributed by atoms with van der Waals surface area (Å²) >= 11 is 0. The van der Waals surface area contributed by atoms with Crippen molar-refractivity contribution in [3.63, 3.8) is 0 Å². The Kier molecular flexibility index (Phi) is 6.43. The minimum absolute atomic E-state index is 0.311. The number of rotatable bonds is 7. The van der Waals surface area contributed by atoms with Gasteiger partial charge < -0.3 is 14.8 Å². The predicted molar refractivity (Wildman–Crippen MR) is 80.0 cm³/mol. The molecular weight excluding hydrogens is 238 g/mol. The zero-order chi connectivity index (χ0) is 14.3. The van der Waals surface area contributed by atoms with E-state index in [1.165, 1.54) is 11.1 Å². The Labute approximate surface area is 116 Å². The van der Waals surface area contributed by atoms with Crippen LogP contribution in [0.1, 0.15) is 39.3 Å². The summed E-state index contributed by atoms with van der Waals surface area (Å²) in [6, 6.07) is 6.39. The third kappa shape index (κ3) is 4.95. The largest absolute Gasteiger partial charge is 0.493 e. The van der Waals surface area contributed by atoms with Gasteiger partial charge in [0.2, 0.25) is 0 Å². The van der Waals surface area contributed by atoms with Crippen LogP contribution in [0.25, 0.3) is 0 Å². The molecule has 1 aromatic carbocycles. The molecule has 0 heterocycles. The Bertz CT molecular complexity index is 423. The minimum Gasteiger partial charge on any atom is -0.493 e. The summed E-state index contributed by atoms with van der Waals surface area (Å²) in [4.78, 5) is 0. The third-order valence-corrected chi connectivity index (χ3v) is 2.93. The molecule has 0 radical (unpaired) electrons. The Morgan fingerprint density at radius 3 is 2.63 bits per heavy atom. The first kappa shape index (κ1) is 15.6. The molecule has 0 amide bonds. The Hall–Kier alpha value is -1.48. The molecular formula is C16H25NO2. The summed E-state index contributed by atoms with van der Waals surface area (Å²) in [5.41, 5.74) is 2.45. The van der Waals surface area contributed by atoms with Crippen LogP contribution in [-0.4, -0.2) is 20.3 Å². The van der Waals surface area contributed by atoms with Gasteiger partial charge in [0.05, 0.1) is 7.11 Å². The molecule has 1 aromatic rings. The van der Waals surface area contributed by atoms with Crippen molar-refractivity contribution in [2.75, 3.05) is 20.3 Å². The number of hydrogen-bond donors (Lipinski definition) is 1. The first-order valence-electron chi connectivity index (χ1n) is 6.76. The highest BCUT2D eigenvalue weighted by molar-refractivity contribution is 5.43. The van der Waals surface area contributed by atoms with Crippen molar-refractivity contribution >= 4 is 0 Å². The zero-order valence-electron chi connectivity index (χ0n) is 12.6. The fraction of sp³-hybridized carbons (Fsp3) is 0.500. The molecule has 0 aliphatic rings. The van der Waals surface area contributed by atoms with E-state index < -0.39 is 0 Å². The molecule has 0 saturated heterocycles. The summed E-state index contributed by atoms with van der Waals surface area (Å²) in [7, 11) is 1.67. The van der Waals surface area contributed by atoms with Crippen LogP contribution in [0.3, 0.4) is 0 Å². The van der Waals surface area contributed by atoms with E-state index in [1.54, 1.807) is 7.11 Å². The summed E-state index contributed by atoms with van der Waals surface area (Å²) in [6.07, 6.45) is 2.05. The normalized spacial score (nSPS) is 11.8. The molecule has 0 saturated carbocycles. The van der Waals surface area contributed by atoms with Gasteiger partial charge in [-0.3, -0.25) is 0 Å². The van der Waals surface area contributed by atoms with Gasteiger partial charge >= 0.3 is 0 Å². The topological polar surface area (TPSA) is 30.5 Å². The molecule has 0 aliphatic carbocycles. The number of ether oxygens (including phenoxy) is 2. The summed E-state index contributed by atoms with van der Waals surface area (Å²) in [6.45, 7) is 9.87. The number of nitrogens with one attached hydrogen (secondary N) is 1. The van der Waals surface area contributed by atoms with Gasteiger partial charge in [-0.15, -0.1) is 0 Å². The molecule has 19 heavy (non-hydrogen) atoms. The van der Waals surface area contributed by atoms with Crippen molar-refractivity contribution in [2.24, 2.45) is 0 Å². The monoisotopic (exact) mass is 263 g/mol. The third-order valence-electron chi connectivity index (χ3n) is 2.93. The van der Waals surface area contributed by atoms with E-state index in [0.717, 1.165) is 18.0 Å². The molecule has 0 bridgehead atoms. The van der Waals surface area contributed by atoms with Crippen molar-refractivity contribution in [3.05, 3.63) is 35.4 Å². The molecule has 1 N–H and O–H groups in total. The fourth-order valence-corrected chi connectivity index (χ4v) is 1.79. The van der Waals surface area contributed by atoms with Crippen LogP contribution in [0.4, 0.5) is 0 Å². The summed E-state index contributed by atoms with van der Waals surface area (Å²) < 4.78 is 11.1. The van der Waals surface area contributed by atoms with Gasteiger partial charge in [-0.1, -0.05) is 18.6 Å². The first-order chi connectivity index (χ1) is 9.08. The van der Waals surface area contributed by atoms with Crippen molar-refractivity contribution in [3.8, 4) is 11.5 Å². The number of benzene rings is 1. The molecule has 0 spiro atoms. The number of allylic oxidation sites excluding steroid dienone is 1. The highest BCUT2D eigenvalue weighted by Crippen LogP contribution is 2.30. The van der Waals surface area contributed by atoms with E-state index in [-0.39, 0.29) is 0 Å².